The molecule has 0 aromatic carbocycles. The van der Waals surface area contributed by atoms with Crippen molar-refractivity contribution in [1.82, 2.24) is 4.90 Å². The molecule has 0 amide bonds. The van der Waals surface area contributed by atoms with Gasteiger partial charge in [-0.2, -0.15) is 0 Å². The van der Waals surface area contributed by atoms with Gasteiger partial charge in [0.05, 0.1) is 0 Å². The van der Waals surface area contributed by atoms with Gasteiger partial charge in [-0.05, 0) is 51.7 Å². The van der Waals surface area contributed by atoms with E-state index in [-0.39, 0.29) is 0 Å². The first-order chi connectivity index (χ1) is 16.3. The summed E-state index contributed by atoms with van der Waals surface area (Å²) in [5, 5.41) is 17.8. The van der Waals surface area contributed by atoms with Crippen molar-refractivity contribution in [3.05, 3.63) is 0 Å². The Morgan fingerprint density at radius 1 is 0.333 bits per heavy atom. The van der Waals surface area contributed by atoms with E-state index in [0.29, 0.717) is 13.2 Å². The zero-order valence-corrected chi connectivity index (χ0v) is 22.8. The molecule has 3 heteroatoms. The minimum Gasteiger partial charge on any atom is -0.396 e. The molecule has 0 fully saturated rings. The topological polar surface area (TPSA) is 43.7 Å². The standard InChI is InChI=1S/C30H63NO2/c1-2-3-4-5-6-7-8-11-16-21-26-31(27-22-17-12-9-14-19-24-29-32)28-23-18-13-10-15-20-25-30-33/h32-33H,2-30H2,1H3. The number of rotatable bonds is 29. The Bertz CT molecular complexity index is 317. The van der Waals surface area contributed by atoms with Gasteiger partial charge in [0.25, 0.3) is 0 Å². The van der Waals surface area contributed by atoms with Crippen LogP contribution in [0.5, 0.6) is 0 Å². The Kier molecular flexibility index (Phi) is 29.8. The number of nitrogens with zero attached hydrogens (tertiary/aromatic N) is 1. The monoisotopic (exact) mass is 469 g/mol. The van der Waals surface area contributed by atoms with E-state index >= 15 is 0 Å². The average molecular weight is 470 g/mol. The SMILES string of the molecule is CCCCCCCCCCCCN(CCCCCCCCCO)CCCCCCCCCO. The van der Waals surface area contributed by atoms with Crippen LogP contribution in [0, 0.1) is 0 Å². The molecule has 0 bridgehead atoms. The molecule has 0 spiro atoms. The zero-order chi connectivity index (χ0) is 24.1. The fraction of sp³-hybridized carbons (Fsp3) is 1.00. The summed E-state index contributed by atoms with van der Waals surface area (Å²) in [6.45, 7) is 6.91. The largest absolute Gasteiger partial charge is 0.396 e. The summed E-state index contributed by atoms with van der Waals surface area (Å²) >= 11 is 0. The lowest BCUT2D eigenvalue weighted by Gasteiger charge is -2.22. The van der Waals surface area contributed by atoms with Gasteiger partial charge in [-0.25, -0.2) is 0 Å². The fourth-order valence-corrected chi connectivity index (χ4v) is 4.82. The summed E-state index contributed by atoms with van der Waals surface area (Å²) in [5.74, 6) is 0. The molecule has 0 atom stereocenters. The highest BCUT2D eigenvalue weighted by Crippen LogP contribution is 2.13. The van der Waals surface area contributed by atoms with Gasteiger partial charge in [-0.1, -0.05) is 129 Å². The van der Waals surface area contributed by atoms with Gasteiger partial charge in [0.2, 0.25) is 0 Å². The molecule has 0 aliphatic carbocycles. The maximum Gasteiger partial charge on any atom is 0.0431 e. The quantitative estimate of drug-likeness (QED) is 0.108. The highest BCUT2D eigenvalue weighted by atomic mass is 16.3. The summed E-state index contributed by atoms with van der Waals surface area (Å²) in [6.07, 6.45) is 32.1. The van der Waals surface area contributed by atoms with E-state index in [1.165, 1.54) is 161 Å². The molecule has 200 valence electrons. The Morgan fingerprint density at radius 2 is 0.576 bits per heavy atom. The van der Waals surface area contributed by atoms with E-state index in [1.54, 1.807) is 0 Å². The third-order valence-electron chi connectivity index (χ3n) is 7.09. The van der Waals surface area contributed by atoms with Gasteiger partial charge in [0.1, 0.15) is 0 Å². The molecule has 0 aliphatic heterocycles. The van der Waals surface area contributed by atoms with Crippen LogP contribution >= 0.6 is 0 Å². The maximum atomic E-state index is 8.88. The van der Waals surface area contributed by atoms with Gasteiger partial charge in [-0.3, -0.25) is 0 Å². The number of aliphatic hydroxyl groups excluding tert-OH is 2. The smallest absolute Gasteiger partial charge is 0.0431 e. The van der Waals surface area contributed by atoms with Crippen molar-refractivity contribution in [2.45, 2.75) is 161 Å². The molecule has 0 rings (SSSR count). The molecule has 0 saturated carbocycles. The second-order valence-corrected chi connectivity index (χ2v) is 10.4. The molecular formula is C30H63NO2. The van der Waals surface area contributed by atoms with Gasteiger partial charge in [0, 0.05) is 13.2 Å². The van der Waals surface area contributed by atoms with Crippen molar-refractivity contribution < 1.29 is 10.2 Å². The first kappa shape index (κ1) is 32.9. The molecule has 2 N–H and O–H groups in total. The molecule has 3 nitrogen and oxygen atoms in total. The molecule has 33 heavy (non-hydrogen) atoms. The lowest BCUT2D eigenvalue weighted by Crippen LogP contribution is -2.27. The number of hydrogen-bond acceptors (Lipinski definition) is 3. The van der Waals surface area contributed by atoms with Gasteiger partial charge < -0.3 is 15.1 Å². The Balaban J connectivity index is 3.83. The highest BCUT2D eigenvalue weighted by molar-refractivity contribution is 4.61. The second kappa shape index (κ2) is 29.9. The molecule has 0 heterocycles. The van der Waals surface area contributed by atoms with Crippen LogP contribution in [0.25, 0.3) is 0 Å². The van der Waals surface area contributed by atoms with Crippen molar-refractivity contribution in [1.29, 1.82) is 0 Å². The molecule has 0 unspecified atom stereocenters. The van der Waals surface area contributed by atoms with Crippen molar-refractivity contribution >= 4 is 0 Å². The first-order valence-corrected chi connectivity index (χ1v) is 15.3. The second-order valence-electron chi connectivity index (χ2n) is 10.4. The third kappa shape index (κ3) is 28.0. The molecule has 0 radical (unpaired) electrons. The predicted octanol–water partition coefficient (Wildman–Crippen LogP) is 8.66. The maximum absolute atomic E-state index is 8.88. The van der Waals surface area contributed by atoms with Crippen LogP contribution < -0.4 is 0 Å². The first-order valence-electron chi connectivity index (χ1n) is 15.3. The van der Waals surface area contributed by atoms with Crippen molar-refractivity contribution in [3.63, 3.8) is 0 Å². The summed E-state index contributed by atoms with van der Waals surface area (Å²) in [7, 11) is 0. The third-order valence-corrected chi connectivity index (χ3v) is 7.09. The predicted molar refractivity (Wildman–Crippen MR) is 147 cm³/mol. The normalized spacial score (nSPS) is 11.6. The molecule has 0 saturated heterocycles. The van der Waals surface area contributed by atoms with Crippen LogP contribution in [0.4, 0.5) is 0 Å². The Labute approximate surface area is 209 Å². The molecular weight excluding hydrogens is 406 g/mol. The molecule has 0 aliphatic rings. The van der Waals surface area contributed by atoms with E-state index in [4.69, 9.17) is 10.2 Å². The van der Waals surface area contributed by atoms with Crippen molar-refractivity contribution in [3.8, 4) is 0 Å². The number of aliphatic hydroxyl groups is 2. The summed E-state index contributed by atoms with van der Waals surface area (Å²) in [5.41, 5.74) is 0. The minimum absolute atomic E-state index is 0.358. The van der Waals surface area contributed by atoms with Crippen LogP contribution in [0.1, 0.15) is 161 Å². The van der Waals surface area contributed by atoms with Crippen LogP contribution in [0.3, 0.4) is 0 Å². The van der Waals surface area contributed by atoms with Gasteiger partial charge in [-0.15, -0.1) is 0 Å². The highest BCUT2D eigenvalue weighted by Gasteiger charge is 2.05. The van der Waals surface area contributed by atoms with E-state index in [2.05, 4.69) is 11.8 Å². The van der Waals surface area contributed by atoms with E-state index in [1.807, 2.05) is 0 Å². The summed E-state index contributed by atoms with van der Waals surface area (Å²) in [4.78, 5) is 2.77. The summed E-state index contributed by atoms with van der Waals surface area (Å²) < 4.78 is 0. The molecule has 0 aromatic heterocycles. The fourth-order valence-electron chi connectivity index (χ4n) is 4.82. The lowest BCUT2D eigenvalue weighted by atomic mass is 10.1. The van der Waals surface area contributed by atoms with Gasteiger partial charge in [0.15, 0.2) is 0 Å². The number of unbranched alkanes of at least 4 members (excludes halogenated alkanes) is 21. The summed E-state index contributed by atoms with van der Waals surface area (Å²) in [6, 6.07) is 0. The van der Waals surface area contributed by atoms with Crippen molar-refractivity contribution in [2.75, 3.05) is 32.8 Å². The van der Waals surface area contributed by atoms with Gasteiger partial charge >= 0.3 is 0 Å². The van der Waals surface area contributed by atoms with Crippen LogP contribution in [0.2, 0.25) is 0 Å². The van der Waals surface area contributed by atoms with Crippen LogP contribution in [-0.2, 0) is 0 Å². The van der Waals surface area contributed by atoms with E-state index in [9.17, 15) is 0 Å². The Morgan fingerprint density at radius 3 is 0.848 bits per heavy atom. The zero-order valence-electron chi connectivity index (χ0n) is 22.8. The van der Waals surface area contributed by atoms with Crippen LogP contribution in [-0.4, -0.2) is 48.0 Å². The number of hydrogen-bond donors (Lipinski definition) is 2. The molecule has 0 aromatic rings. The Hall–Kier alpha value is -0.120. The van der Waals surface area contributed by atoms with Crippen LogP contribution in [0.15, 0.2) is 0 Å². The average Bonchev–Trinajstić information content (AvgIpc) is 2.83. The minimum atomic E-state index is 0.358. The van der Waals surface area contributed by atoms with E-state index in [0.717, 1.165) is 12.8 Å². The lowest BCUT2D eigenvalue weighted by molar-refractivity contribution is 0.253. The van der Waals surface area contributed by atoms with Crippen molar-refractivity contribution in [2.24, 2.45) is 0 Å². The van der Waals surface area contributed by atoms with E-state index < -0.39 is 0 Å².